The second-order valence-corrected chi connectivity index (χ2v) is 6.92. The third kappa shape index (κ3) is 3.33. The molecule has 2 aromatic carbocycles. The van der Waals surface area contributed by atoms with Gasteiger partial charge in [-0.3, -0.25) is 14.3 Å². The van der Waals surface area contributed by atoms with Crippen LogP contribution in [0.4, 0.5) is 0 Å². The summed E-state index contributed by atoms with van der Waals surface area (Å²) in [5.74, 6) is 0.847. The molecule has 150 valence electrons. The van der Waals surface area contributed by atoms with Gasteiger partial charge in [0.1, 0.15) is 5.82 Å². The van der Waals surface area contributed by atoms with E-state index < -0.39 is 0 Å². The van der Waals surface area contributed by atoms with Gasteiger partial charge in [0.2, 0.25) is 0 Å². The van der Waals surface area contributed by atoms with E-state index in [0.717, 1.165) is 11.3 Å². The number of benzene rings is 2. The van der Waals surface area contributed by atoms with Crippen molar-refractivity contribution >= 4 is 23.1 Å². The molecule has 0 bridgehead atoms. The fourth-order valence-corrected chi connectivity index (χ4v) is 3.51. The predicted octanol–water partition coefficient (Wildman–Crippen LogP) is 4.28. The van der Waals surface area contributed by atoms with Crippen LogP contribution in [0.15, 0.2) is 59.5 Å². The van der Waals surface area contributed by atoms with Crippen molar-refractivity contribution in [1.82, 2.24) is 14.5 Å². The maximum Gasteiger partial charge on any atom is 0.266 e. The second-order valence-electron chi connectivity index (χ2n) is 6.92. The first kappa shape index (κ1) is 19.4. The number of ether oxygens (including phenoxy) is 1. The summed E-state index contributed by atoms with van der Waals surface area (Å²) in [6.07, 6.45) is 5.15. The van der Waals surface area contributed by atoms with Crippen molar-refractivity contribution < 1.29 is 9.84 Å². The zero-order valence-corrected chi connectivity index (χ0v) is 17.0. The van der Waals surface area contributed by atoms with Crippen molar-refractivity contribution in [2.45, 2.75) is 13.8 Å². The van der Waals surface area contributed by atoms with Gasteiger partial charge in [-0.2, -0.15) is 0 Å². The number of aromatic hydroxyl groups is 1. The molecule has 0 aliphatic rings. The first-order valence-corrected chi connectivity index (χ1v) is 9.49. The van der Waals surface area contributed by atoms with Gasteiger partial charge in [-0.05, 0) is 55.8 Å². The molecule has 0 spiro atoms. The maximum atomic E-state index is 13.4. The van der Waals surface area contributed by atoms with E-state index in [2.05, 4.69) is 4.98 Å². The number of para-hydroxylation sites is 2. The van der Waals surface area contributed by atoms with E-state index in [9.17, 15) is 9.90 Å². The summed E-state index contributed by atoms with van der Waals surface area (Å²) in [6.45, 7) is 3.80. The summed E-state index contributed by atoms with van der Waals surface area (Å²) in [4.78, 5) is 22.5. The molecular weight excluding hydrogens is 378 g/mol. The first-order valence-electron chi connectivity index (χ1n) is 9.49. The lowest BCUT2D eigenvalue weighted by Gasteiger charge is -2.15. The van der Waals surface area contributed by atoms with E-state index in [-0.39, 0.29) is 11.3 Å². The van der Waals surface area contributed by atoms with Gasteiger partial charge >= 0.3 is 0 Å². The van der Waals surface area contributed by atoms with E-state index in [1.165, 1.54) is 7.11 Å². The summed E-state index contributed by atoms with van der Waals surface area (Å²) in [7, 11) is 1.50. The summed E-state index contributed by atoms with van der Waals surface area (Å²) in [5.41, 5.74) is 3.34. The molecule has 0 unspecified atom stereocenters. The lowest BCUT2D eigenvalue weighted by molar-refractivity contribution is 0.373. The van der Waals surface area contributed by atoms with E-state index in [1.807, 2.05) is 38.1 Å². The maximum absolute atomic E-state index is 13.4. The molecule has 0 amide bonds. The third-order valence-corrected chi connectivity index (χ3v) is 5.00. The van der Waals surface area contributed by atoms with Crippen LogP contribution in [0.5, 0.6) is 11.5 Å². The van der Waals surface area contributed by atoms with Crippen LogP contribution in [-0.4, -0.2) is 26.8 Å². The Morgan fingerprint density at radius 3 is 2.60 bits per heavy atom. The van der Waals surface area contributed by atoms with Gasteiger partial charge in [0.15, 0.2) is 11.5 Å². The molecule has 6 heteroatoms. The van der Waals surface area contributed by atoms with E-state index >= 15 is 0 Å². The molecule has 30 heavy (non-hydrogen) atoms. The number of phenols is 1. The Bertz CT molecular complexity index is 1320. The largest absolute Gasteiger partial charge is 0.504 e. The van der Waals surface area contributed by atoms with Gasteiger partial charge < -0.3 is 9.84 Å². The average molecular weight is 399 g/mol. The van der Waals surface area contributed by atoms with Crippen molar-refractivity contribution in [2.75, 3.05) is 7.11 Å². The number of aryl methyl sites for hydroxylation is 2. The number of hydrogen-bond donors (Lipinski definition) is 1. The molecule has 0 radical (unpaired) electrons. The number of hydrogen-bond acceptors (Lipinski definition) is 5. The number of pyridine rings is 1. The summed E-state index contributed by atoms with van der Waals surface area (Å²) < 4.78 is 6.75. The van der Waals surface area contributed by atoms with Gasteiger partial charge in [-0.15, -0.1) is 0 Å². The molecule has 0 saturated carbocycles. The van der Waals surface area contributed by atoms with Crippen LogP contribution < -0.4 is 10.3 Å². The van der Waals surface area contributed by atoms with Crippen LogP contribution in [0, 0.1) is 13.8 Å². The van der Waals surface area contributed by atoms with Gasteiger partial charge in [-0.1, -0.05) is 24.3 Å². The Balaban J connectivity index is 1.99. The van der Waals surface area contributed by atoms with Crippen LogP contribution in [-0.2, 0) is 0 Å². The van der Waals surface area contributed by atoms with E-state index in [0.29, 0.717) is 33.7 Å². The SMILES string of the molecule is COc1cccc(C=Cc2nc3ccccc3c(=O)n2-c2c(C)ccnc2C)c1O. The van der Waals surface area contributed by atoms with Crippen LogP contribution in [0.2, 0.25) is 0 Å². The van der Waals surface area contributed by atoms with Gasteiger partial charge in [0, 0.05) is 11.8 Å². The quantitative estimate of drug-likeness (QED) is 0.554. The number of fused-ring (bicyclic) bond motifs is 1. The molecule has 0 saturated heterocycles. The number of methoxy groups -OCH3 is 1. The number of phenolic OH excluding ortho intramolecular Hbond substituents is 1. The van der Waals surface area contributed by atoms with Crippen molar-refractivity contribution in [3.8, 4) is 17.2 Å². The Hall–Kier alpha value is -3.93. The fraction of sp³-hybridized carbons (Fsp3) is 0.125. The van der Waals surface area contributed by atoms with Crippen LogP contribution in [0.1, 0.15) is 22.6 Å². The molecule has 0 aliphatic heterocycles. The molecule has 6 nitrogen and oxygen atoms in total. The molecule has 0 fully saturated rings. The predicted molar refractivity (Wildman–Crippen MR) is 118 cm³/mol. The topological polar surface area (TPSA) is 77.2 Å². The standard InChI is InChI=1S/C24H21N3O3/c1-15-13-14-25-16(2)22(15)27-21(26-19-9-5-4-8-18(19)24(27)29)12-11-17-7-6-10-20(30-3)23(17)28/h4-14,28H,1-3H3. The molecule has 4 aromatic rings. The van der Waals surface area contributed by atoms with Crippen LogP contribution in [0.3, 0.4) is 0 Å². The fourth-order valence-electron chi connectivity index (χ4n) is 3.51. The van der Waals surface area contributed by atoms with Crippen LogP contribution in [0.25, 0.3) is 28.7 Å². The second kappa shape index (κ2) is 7.83. The first-order chi connectivity index (χ1) is 14.5. The van der Waals surface area contributed by atoms with Gasteiger partial charge in [0.05, 0.1) is 29.4 Å². The van der Waals surface area contributed by atoms with Crippen molar-refractivity contribution in [2.24, 2.45) is 0 Å². The molecule has 1 N–H and O–H groups in total. The van der Waals surface area contributed by atoms with Crippen molar-refractivity contribution in [1.29, 1.82) is 0 Å². The number of rotatable bonds is 4. The number of aromatic nitrogens is 3. The minimum Gasteiger partial charge on any atom is -0.504 e. The molecule has 0 atom stereocenters. The lowest BCUT2D eigenvalue weighted by Crippen LogP contribution is -2.24. The molecule has 4 rings (SSSR count). The minimum atomic E-state index is -0.172. The van der Waals surface area contributed by atoms with Gasteiger partial charge in [0.25, 0.3) is 5.56 Å². The van der Waals surface area contributed by atoms with E-state index in [1.54, 1.807) is 47.2 Å². The van der Waals surface area contributed by atoms with Crippen molar-refractivity contribution in [3.63, 3.8) is 0 Å². The van der Waals surface area contributed by atoms with E-state index in [4.69, 9.17) is 9.72 Å². The normalized spacial score (nSPS) is 11.3. The Kier molecular flexibility index (Phi) is 5.06. The molecule has 2 heterocycles. The van der Waals surface area contributed by atoms with Gasteiger partial charge in [-0.25, -0.2) is 4.98 Å². The average Bonchev–Trinajstić information content (AvgIpc) is 2.74. The summed E-state index contributed by atoms with van der Waals surface area (Å²) in [5, 5.41) is 10.9. The Morgan fingerprint density at radius 2 is 1.83 bits per heavy atom. The monoisotopic (exact) mass is 399 g/mol. The summed E-state index contributed by atoms with van der Waals surface area (Å²) >= 11 is 0. The lowest BCUT2D eigenvalue weighted by atomic mass is 10.1. The highest BCUT2D eigenvalue weighted by Crippen LogP contribution is 2.30. The Labute approximate surface area is 173 Å². The zero-order chi connectivity index (χ0) is 21.3. The highest BCUT2D eigenvalue weighted by Gasteiger charge is 2.15. The van der Waals surface area contributed by atoms with Crippen LogP contribution >= 0.6 is 0 Å². The zero-order valence-electron chi connectivity index (χ0n) is 17.0. The highest BCUT2D eigenvalue weighted by atomic mass is 16.5. The third-order valence-electron chi connectivity index (χ3n) is 5.00. The minimum absolute atomic E-state index is 0.0275. The molecular formula is C24H21N3O3. The number of nitrogens with zero attached hydrogens (tertiary/aromatic N) is 3. The highest BCUT2D eigenvalue weighted by molar-refractivity contribution is 5.81. The molecule has 0 aliphatic carbocycles. The Morgan fingerprint density at radius 1 is 1.03 bits per heavy atom. The van der Waals surface area contributed by atoms with Crippen molar-refractivity contribution in [3.05, 3.63) is 87.7 Å². The molecule has 2 aromatic heterocycles. The summed E-state index contributed by atoms with van der Waals surface area (Å²) in [6, 6.07) is 14.3. The smallest absolute Gasteiger partial charge is 0.266 e.